The van der Waals surface area contributed by atoms with Crippen molar-refractivity contribution in [1.29, 1.82) is 0 Å². The molecular weight excluding hydrogens is 326 g/mol. The Morgan fingerprint density at radius 3 is 2.88 bits per heavy atom. The molecule has 1 saturated heterocycles. The number of aryl methyl sites for hydroxylation is 2. The Labute approximate surface area is 145 Å². The Kier molecular flexibility index (Phi) is 5.15. The maximum atomic E-state index is 12.1. The first-order valence-corrected chi connectivity index (χ1v) is 8.95. The minimum absolute atomic E-state index is 0.0460. The van der Waals surface area contributed by atoms with E-state index in [9.17, 15) is 4.79 Å². The SMILES string of the molecule is Cc1nn(C)c(C)c1OCC(=O)Nc1ncc(C2CCNCC2)s1. The standard InChI is InChI=1S/C16H23N5O2S/c1-10-15(11(2)21(3)20-10)23-9-14(22)19-16-18-8-13(24-16)12-4-6-17-7-5-12/h8,12,17H,4-7,9H2,1-3H3,(H,18,19,22). The Bertz CT molecular complexity index is 718. The van der Waals surface area contributed by atoms with E-state index < -0.39 is 0 Å². The zero-order valence-electron chi connectivity index (χ0n) is 14.3. The van der Waals surface area contributed by atoms with Crippen LogP contribution in [-0.4, -0.2) is 40.4 Å². The quantitative estimate of drug-likeness (QED) is 0.863. The van der Waals surface area contributed by atoms with Gasteiger partial charge in [0.25, 0.3) is 5.91 Å². The maximum Gasteiger partial charge on any atom is 0.264 e. The van der Waals surface area contributed by atoms with E-state index in [2.05, 4.69) is 20.7 Å². The number of ether oxygens (including phenoxy) is 1. The van der Waals surface area contributed by atoms with Gasteiger partial charge in [-0.2, -0.15) is 5.10 Å². The van der Waals surface area contributed by atoms with Crippen molar-refractivity contribution in [3.63, 3.8) is 0 Å². The van der Waals surface area contributed by atoms with Crippen molar-refractivity contribution in [3.8, 4) is 5.75 Å². The zero-order chi connectivity index (χ0) is 17.1. The number of thiazole rings is 1. The van der Waals surface area contributed by atoms with E-state index in [4.69, 9.17) is 4.74 Å². The molecule has 3 heterocycles. The number of piperidine rings is 1. The fraction of sp³-hybridized carbons (Fsp3) is 0.562. The second-order valence-corrected chi connectivity index (χ2v) is 7.11. The number of carbonyl (C=O) groups is 1. The van der Waals surface area contributed by atoms with Gasteiger partial charge in [0.15, 0.2) is 17.5 Å². The Balaban J connectivity index is 1.54. The molecule has 0 aliphatic carbocycles. The van der Waals surface area contributed by atoms with Crippen LogP contribution < -0.4 is 15.4 Å². The minimum atomic E-state index is -0.205. The molecule has 8 heteroatoms. The van der Waals surface area contributed by atoms with Crippen LogP contribution in [0.1, 0.15) is 35.0 Å². The van der Waals surface area contributed by atoms with E-state index in [1.54, 1.807) is 16.0 Å². The first kappa shape index (κ1) is 16.9. The molecular formula is C16H23N5O2S. The number of rotatable bonds is 5. The molecule has 3 rings (SSSR count). The summed E-state index contributed by atoms with van der Waals surface area (Å²) in [5, 5.41) is 11.1. The van der Waals surface area contributed by atoms with Gasteiger partial charge < -0.3 is 10.1 Å². The van der Waals surface area contributed by atoms with Crippen LogP contribution in [0.25, 0.3) is 0 Å². The van der Waals surface area contributed by atoms with Gasteiger partial charge in [-0.15, -0.1) is 11.3 Å². The van der Waals surface area contributed by atoms with Crippen LogP contribution in [0.2, 0.25) is 0 Å². The lowest BCUT2D eigenvalue weighted by molar-refractivity contribution is -0.118. The van der Waals surface area contributed by atoms with Gasteiger partial charge >= 0.3 is 0 Å². The predicted octanol–water partition coefficient (Wildman–Crippen LogP) is 1.98. The van der Waals surface area contributed by atoms with Crippen molar-refractivity contribution in [2.24, 2.45) is 7.05 Å². The van der Waals surface area contributed by atoms with Crippen molar-refractivity contribution in [1.82, 2.24) is 20.1 Å². The fourth-order valence-electron chi connectivity index (χ4n) is 2.90. The summed E-state index contributed by atoms with van der Waals surface area (Å²) in [5.74, 6) is 1.01. The average molecular weight is 349 g/mol. The predicted molar refractivity (Wildman–Crippen MR) is 93.8 cm³/mol. The molecule has 0 atom stereocenters. The molecule has 0 spiro atoms. The second-order valence-electron chi connectivity index (χ2n) is 6.05. The second kappa shape index (κ2) is 7.31. The summed E-state index contributed by atoms with van der Waals surface area (Å²) in [6, 6.07) is 0. The molecule has 1 amide bonds. The number of hydrogen-bond donors (Lipinski definition) is 2. The number of nitrogens with zero attached hydrogens (tertiary/aromatic N) is 3. The molecule has 130 valence electrons. The summed E-state index contributed by atoms with van der Waals surface area (Å²) in [5.41, 5.74) is 1.69. The molecule has 0 unspecified atom stereocenters. The van der Waals surface area contributed by atoms with E-state index in [0.717, 1.165) is 37.3 Å². The highest BCUT2D eigenvalue weighted by Gasteiger charge is 2.19. The molecule has 24 heavy (non-hydrogen) atoms. The number of amides is 1. The lowest BCUT2D eigenvalue weighted by Gasteiger charge is -2.20. The maximum absolute atomic E-state index is 12.1. The average Bonchev–Trinajstić information content (AvgIpc) is 3.12. The smallest absolute Gasteiger partial charge is 0.264 e. The Morgan fingerprint density at radius 2 is 2.21 bits per heavy atom. The monoisotopic (exact) mass is 349 g/mol. The molecule has 2 aromatic rings. The van der Waals surface area contributed by atoms with E-state index in [-0.39, 0.29) is 12.5 Å². The van der Waals surface area contributed by atoms with E-state index in [1.807, 2.05) is 27.1 Å². The highest BCUT2D eigenvalue weighted by molar-refractivity contribution is 7.15. The molecule has 1 aliphatic heterocycles. The summed E-state index contributed by atoms with van der Waals surface area (Å²) in [4.78, 5) is 17.7. The van der Waals surface area contributed by atoms with Gasteiger partial charge in [0.05, 0.1) is 5.69 Å². The minimum Gasteiger partial charge on any atom is -0.480 e. The van der Waals surface area contributed by atoms with E-state index >= 15 is 0 Å². The van der Waals surface area contributed by atoms with Crippen molar-refractivity contribution in [2.75, 3.05) is 25.0 Å². The third-order valence-electron chi connectivity index (χ3n) is 4.30. The van der Waals surface area contributed by atoms with Gasteiger partial charge in [-0.3, -0.25) is 14.8 Å². The first-order valence-electron chi connectivity index (χ1n) is 8.14. The van der Waals surface area contributed by atoms with Crippen molar-refractivity contribution >= 4 is 22.4 Å². The van der Waals surface area contributed by atoms with Gasteiger partial charge in [-0.05, 0) is 45.7 Å². The zero-order valence-corrected chi connectivity index (χ0v) is 15.1. The van der Waals surface area contributed by atoms with Crippen molar-refractivity contribution in [3.05, 3.63) is 22.5 Å². The molecule has 2 aromatic heterocycles. The molecule has 1 aliphatic rings. The highest BCUT2D eigenvalue weighted by atomic mass is 32.1. The van der Waals surface area contributed by atoms with Crippen LogP contribution in [0.5, 0.6) is 5.75 Å². The van der Waals surface area contributed by atoms with Crippen LogP contribution in [0.3, 0.4) is 0 Å². The Morgan fingerprint density at radius 1 is 1.46 bits per heavy atom. The topological polar surface area (TPSA) is 81.1 Å². The fourth-order valence-corrected chi connectivity index (χ4v) is 3.90. The number of carbonyl (C=O) groups excluding carboxylic acids is 1. The van der Waals surface area contributed by atoms with Crippen molar-refractivity contribution < 1.29 is 9.53 Å². The van der Waals surface area contributed by atoms with Crippen LogP contribution in [0, 0.1) is 13.8 Å². The van der Waals surface area contributed by atoms with Gasteiger partial charge in [-0.25, -0.2) is 4.98 Å². The molecule has 0 aromatic carbocycles. The van der Waals surface area contributed by atoms with Gasteiger partial charge in [0, 0.05) is 18.1 Å². The summed E-state index contributed by atoms with van der Waals surface area (Å²) in [7, 11) is 1.85. The van der Waals surface area contributed by atoms with Gasteiger partial charge in [0.2, 0.25) is 0 Å². The highest BCUT2D eigenvalue weighted by Crippen LogP contribution is 2.31. The normalized spacial score (nSPS) is 15.5. The van der Waals surface area contributed by atoms with Gasteiger partial charge in [-0.1, -0.05) is 0 Å². The summed E-state index contributed by atoms with van der Waals surface area (Å²) in [6.45, 7) is 5.82. The lowest BCUT2D eigenvalue weighted by atomic mass is 9.97. The number of nitrogens with one attached hydrogen (secondary N) is 2. The number of hydrogen-bond acceptors (Lipinski definition) is 6. The molecule has 7 nitrogen and oxygen atoms in total. The van der Waals surface area contributed by atoms with Crippen LogP contribution >= 0.6 is 11.3 Å². The number of anilines is 1. The first-order chi connectivity index (χ1) is 11.5. The molecule has 1 fully saturated rings. The Hall–Kier alpha value is -1.93. The third kappa shape index (κ3) is 3.76. The molecule has 0 radical (unpaired) electrons. The van der Waals surface area contributed by atoms with E-state index in [0.29, 0.717) is 16.8 Å². The summed E-state index contributed by atoms with van der Waals surface area (Å²) in [6.07, 6.45) is 4.13. The van der Waals surface area contributed by atoms with Gasteiger partial charge in [0.1, 0.15) is 5.69 Å². The number of aromatic nitrogens is 3. The summed E-state index contributed by atoms with van der Waals surface area (Å²) >= 11 is 1.56. The van der Waals surface area contributed by atoms with Crippen LogP contribution in [0.15, 0.2) is 6.20 Å². The van der Waals surface area contributed by atoms with Crippen LogP contribution in [0.4, 0.5) is 5.13 Å². The third-order valence-corrected chi connectivity index (χ3v) is 5.38. The molecule has 0 saturated carbocycles. The van der Waals surface area contributed by atoms with Crippen molar-refractivity contribution in [2.45, 2.75) is 32.6 Å². The molecule has 2 N–H and O–H groups in total. The lowest BCUT2D eigenvalue weighted by Crippen LogP contribution is -2.26. The summed E-state index contributed by atoms with van der Waals surface area (Å²) < 4.78 is 7.36. The largest absolute Gasteiger partial charge is 0.480 e. The molecule has 0 bridgehead atoms. The van der Waals surface area contributed by atoms with E-state index in [1.165, 1.54) is 4.88 Å². The van der Waals surface area contributed by atoms with Crippen LogP contribution in [-0.2, 0) is 11.8 Å².